The van der Waals surface area contributed by atoms with E-state index in [9.17, 15) is 10.1 Å². The van der Waals surface area contributed by atoms with Crippen LogP contribution >= 0.6 is 12.6 Å². The predicted molar refractivity (Wildman–Crippen MR) is 85.4 cm³/mol. The number of nitro groups is 1. The summed E-state index contributed by atoms with van der Waals surface area (Å²) in [4.78, 5) is 10.6. The summed E-state index contributed by atoms with van der Waals surface area (Å²) in [7, 11) is -4.67. The van der Waals surface area contributed by atoms with E-state index in [4.69, 9.17) is 17.5 Å². The lowest BCUT2D eigenvalue weighted by Crippen LogP contribution is -1.93. The normalized spacial score (nSPS) is 10.5. The lowest BCUT2D eigenvalue weighted by Gasteiger charge is -2.07. The van der Waals surface area contributed by atoms with E-state index in [2.05, 4.69) is 12.6 Å². The molecule has 0 aliphatic carbocycles. The van der Waals surface area contributed by atoms with Crippen LogP contribution in [0.3, 0.4) is 0 Å². The second kappa shape index (κ2) is 7.90. The Morgan fingerprint density at radius 1 is 1.00 bits per heavy atom. The van der Waals surface area contributed by atoms with Gasteiger partial charge in [0.25, 0.3) is 5.69 Å². The Labute approximate surface area is 132 Å². The van der Waals surface area contributed by atoms with Crippen molar-refractivity contribution in [1.82, 2.24) is 0 Å². The van der Waals surface area contributed by atoms with Gasteiger partial charge >= 0.3 is 10.4 Å². The summed E-state index contributed by atoms with van der Waals surface area (Å²) in [6, 6.07) is 14.4. The van der Waals surface area contributed by atoms with Gasteiger partial charge in [0, 0.05) is 11.8 Å². The van der Waals surface area contributed by atoms with Crippen molar-refractivity contribution in [1.29, 1.82) is 0 Å². The van der Waals surface area contributed by atoms with Crippen LogP contribution in [0.5, 0.6) is 0 Å². The molecule has 0 spiro atoms. The molecule has 22 heavy (non-hydrogen) atoms. The van der Waals surface area contributed by atoms with E-state index in [0.717, 1.165) is 11.1 Å². The van der Waals surface area contributed by atoms with Crippen molar-refractivity contribution in [2.24, 2.45) is 0 Å². The van der Waals surface area contributed by atoms with Crippen molar-refractivity contribution < 1.29 is 22.4 Å². The molecule has 7 nitrogen and oxygen atoms in total. The second-order valence-electron chi connectivity index (χ2n) is 4.04. The Kier molecular flexibility index (Phi) is 6.50. The molecule has 118 valence electrons. The van der Waals surface area contributed by atoms with E-state index >= 15 is 0 Å². The highest BCUT2D eigenvalue weighted by molar-refractivity contribution is 7.80. The van der Waals surface area contributed by atoms with Gasteiger partial charge in [-0.3, -0.25) is 19.2 Å². The average molecular weight is 343 g/mol. The minimum atomic E-state index is -4.67. The molecule has 0 heterocycles. The molecule has 2 N–H and O–H groups in total. The first kappa shape index (κ1) is 18.1. The molecule has 0 atom stereocenters. The second-order valence-corrected chi connectivity index (χ2v) is 5.25. The Morgan fingerprint density at radius 2 is 1.45 bits per heavy atom. The van der Waals surface area contributed by atoms with E-state index in [1.807, 2.05) is 24.3 Å². The third-order valence-corrected chi connectivity index (χ3v) is 2.92. The average Bonchev–Trinajstić information content (AvgIpc) is 2.45. The number of nitro benzene ring substituents is 1. The van der Waals surface area contributed by atoms with Crippen LogP contribution in [-0.2, 0) is 16.2 Å². The smallest absolute Gasteiger partial charge is 0.264 e. The zero-order valence-corrected chi connectivity index (χ0v) is 12.9. The van der Waals surface area contributed by atoms with Gasteiger partial charge in [-0.05, 0) is 17.2 Å². The summed E-state index contributed by atoms with van der Waals surface area (Å²) in [6.45, 7) is 0. The summed E-state index contributed by atoms with van der Waals surface area (Å²) in [5.41, 5.74) is 2.63. The summed E-state index contributed by atoms with van der Waals surface area (Å²) in [6.07, 6.45) is 0. The molecule has 0 aromatic heterocycles. The molecule has 9 heteroatoms. The maximum absolute atomic E-state index is 11.0. The monoisotopic (exact) mass is 343 g/mol. The molecular formula is C13H13NO6S2. The van der Waals surface area contributed by atoms with Crippen molar-refractivity contribution in [2.45, 2.75) is 5.75 Å². The molecule has 0 fully saturated rings. The van der Waals surface area contributed by atoms with Crippen LogP contribution in [0.1, 0.15) is 5.56 Å². The highest BCUT2D eigenvalue weighted by atomic mass is 32.3. The van der Waals surface area contributed by atoms with Gasteiger partial charge in [-0.15, -0.1) is 0 Å². The van der Waals surface area contributed by atoms with Crippen molar-refractivity contribution in [3.8, 4) is 11.1 Å². The Balaban J connectivity index is 0.000000422. The van der Waals surface area contributed by atoms with E-state index in [0.29, 0.717) is 11.3 Å². The van der Waals surface area contributed by atoms with Gasteiger partial charge in [0.15, 0.2) is 0 Å². The minimum absolute atomic E-state index is 0.127. The summed E-state index contributed by atoms with van der Waals surface area (Å²) in [5, 5.41) is 11.0. The summed E-state index contributed by atoms with van der Waals surface area (Å²) < 4.78 is 31.6. The predicted octanol–water partition coefficient (Wildman–Crippen LogP) is 3.04. The molecule has 0 aliphatic rings. The van der Waals surface area contributed by atoms with E-state index < -0.39 is 10.4 Å². The first-order valence-electron chi connectivity index (χ1n) is 5.86. The molecule has 2 rings (SSSR count). The van der Waals surface area contributed by atoms with Gasteiger partial charge in [0.05, 0.1) is 10.5 Å². The highest BCUT2D eigenvalue weighted by Gasteiger charge is 2.15. The Morgan fingerprint density at radius 3 is 1.95 bits per heavy atom. The summed E-state index contributed by atoms with van der Waals surface area (Å²) >= 11 is 4.25. The molecular weight excluding hydrogens is 330 g/mol. The van der Waals surface area contributed by atoms with Crippen molar-refractivity contribution in [3.05, 3.63) is 64.2 Å². The number of hydrogen-bond donors (Lipinski definition) is 3. The summed E-state index contributed by atoms with van der Waals surface area (Å²) in [5.74, 6) is 0.558. The molecule has 0 saturated carbocycles. The molecule has 2 aromatic carbocycles. The lowest BCUT2D eigenvalue weighted by atomic mass is 9.99. The van der Waals surface area contributed by atoms with Crippen molar-refractivity contribution >= 4 is 28.7 Å². The molecule has 0 radical (unpaired) electrons. The number of thiol groups is 1. The van der Waals surface area contributed by atoms with Crippen LogP contribution in [0, 0.1) is 10.1 Å². The number of para-hydroxylation sites is 1. The number of nitrogens with zero attached hydrogens (tertiary/aromatic N) is 1. The van der Waals surface area contributed by atoms with Crippen LogP contribution in [-0.4, -0.2) is 22.4 Å². The van der Waals surface area contributed by atoms with Gasteiger partial charge in [-0.2, -0.15) is 21.0 Å². The fourth-order valence-corrected chi connectivity index (χ4v) is 2.06. The molecule has 0 unspecified atom stereocenters. The van der Waals surface area contributed by atoms with Crippen molar-refractivity contribution in [2.75, 3.05) is 0 Å². The van der Waals surface area contributed by atoms with Crippen LogP contribution in [0.15, 0.2) is 48.5 Å². The lowest BCUT2D eigenvalue weighted by molar-refractivity contribution is -0.384. The van der Waals surface area contributed by atoms with Crippen LogP contribution < -0.4 is 0 Å². The Bertz CT molecular complexity index is 753. The number of hydrogen-bond acceptors (Lipinski definition) is 5. The highest BCUT2D eigenvalue weighted by Crippen LogP contribution is 2.32. The SMILES string of the molecule is O=S(=O)(O)O.O=[N+]([O-])c1ccccc1-c1ccccc1CS. The van der Waals surface area contributed by atoms with Gasteiger partial charge in [0.1, 0.15) is 0 Å². The molecule has 0 aliphatic heterocycles. The minimum Gasteiger partial charge on any atom is -0.264 e. The third-order valence-electron chi connectivity index (χ3n) is 2.58. The standard InChI is InChI=1S/C13H11NO2S.H2O4S/c15-14(16)13-8-4-3-7-12(13)11-6-2-1-5-10(11)9-17;1-5(2,3)4/h1-8,17H,9H2;(H2,1,2,3,4). The fraction of sp³-hybridized carbons (Fsp3) is 0.0769. The van der Waals surface area contributed by atoms with Gasteiger partial charge < -0.3 is 0 Å². The largest absolute Gasteiger partial charge is 0.394 e. The first-order chi connectivity index (χ1) is 10.2. The van der Waals surface area contributed by atoms with E-state index in [1.54, 1.807) is 18.2 Å². The fourth-order valence-electron chi connectivity index (χ4n) is 1.78. The van der Waals surface area contributed by atoms with Crippen LogP contribution in [0.2, 0.25) is 0 Å². The van der Waals surface area contributed by atoms with Gasteiger partial charge in [-0.25, -0.2) is 0 Å². The van der Waals surface area contributed by atoms with Crippen molar-refractivity contribution in [3.63, 3.8) is 0 Å². The third kappa shape index (κ3) is 5.82. The van der Waals surface area contributed by atoms with Gasteiger partial charge in [0.2, 0.25) is 0 Å². The number of rotatable bonds is 3. The first-order valence-corrected chi connectivity index (χ1v) is 7.89. The van der Waals surface area contributed by atoms with E-state index in [1.165, 1.54) is 6.07 Å². The molecule has 0 saturated heterocycles. The van der Waals surface area contributed by atoms with E-state index in [-0.39, 0.29) is 10.6 Å². The maximum atomic E-state index is 11.0. The zero-order valence-electron chi connectivity index (χ0n) is 11.2. The molecule has 2 aromatic rings. The van der Waals surface area contributed by atoms with Crippen LogP contribution in [0.4, 0.5) is 5.69 Å². The quantitative estimate of drug-likeness (QED) is 0.341. The van der Waals surface area contributed by atoms with Gasteiger partial charge in [-0.1, -0.05) is 36.4 Å². The maximum Gasteiger partial charge on any atom is 0.394 e. The molecule has 0 amide bonds. The van der Waals surface area contributed by atoms with Crippen LogP contribution in [0.25, 0.3) is 11.1 Å². The zero-order chi connectivity index (χ0) is 16.8. The molecule has 0 bridgehead atoms. The topological polar surface area (TPSA) is 118 Å². The number of benzene rings is 2. The Hall–Kier alpha value is -1.94.